The molecule has 31 heavy (non-hydrogen) atoms. The summed E-state index contributed by atoms with van der Waals surface area (Å²) in [7, 11) is -2.23. The molecule has 7 heteroatoms. The number of sulfonamides is 1. The second-order valence-corrected chi connectivity index (χ2v) is 9.10. The minimum atomic E-state index is -3.74. The Kier molecular flexibility index (Phi) is 6.65. The van der Waals surface area contributed by atoms with E-state index in [1.807, 2.05) is 32.9 Å². The number of hydrogen-bond donors (Lipinski definition) is 2. The SMILES string of the molecule is COc1ccc(S(=O)(=O)Nc2ccc(C(=O)N[C@@H](C)c3cc(C)ccc3C)cc2)cc1. The molecule has 0 saturated heterocycles. The molecule has 6 nitrogen and oxygen atoms in total. The molecule has 1 amide bonds. The Bertz CT molecular complexity index is 1170. The highest BCUT2D eigenvalue weighted by Crippen LogP contribution is 2.21. The Morgan fingerprint density at radius 1 is 0.935 bits per heavy atom. The summed E-state index contributed by atoms with van der Waals surface area (Å²) in [5, 5.41) is 3.00. The van der Waals surface area contributed by atoms with E-state index in [9.17, 15) is 13.2 Å². The second-order valence-electron chi connectivity index (χ2n) is 7.41. The van der Waals surface area contributed by atoms with Crippen LogP contribution in [0.25, 0.3) is 0 Å². The molecule has 0 radical (unpaired) electrons. The highest BCUT2D eigenvalue weighted by Gasteiger charge is 2.16. The smallest absolute Gasteiger partial charge is 0.261 e. The Morgan fingerprint density at radius 2 is 1.58 bits per heavy atom. The minimum absolute atomic E-state index is 0.123. The van der Waals surface area contributed by atoms with Crippen LogP contribution in [-0.4, -0.2) is 21.4 Å². The van der Waals surface area contributed by atoms with E-state index in [1.165, 1.54) is 19.2 Å². The lowest BCUT2D eigenvalue weighted by atomic mass is 9.99. The fraction of sp³-hybridized carbons (Fsp3) is 0.208. The van der Waals surface area contributed by atoms with Gasteiger partial charge in [0.25, 0.3) is 15.9 Å². The van der Waals surface area contributed by atoms with E-state index in [-0.39, 0.29) is 16.8 Å². The summed E-state index contributed by atoms with van der Waals surface area (Å²) in [6.45, 7) is 5.97. The van der Waals surface area contributed by atoms with Gasteiger partial charge >= 0.3 is 0 Å². The second kappa shape index (κ2) is 9.22. The predicted molar refractivity (Wildman–Crippen MR) is 122 cm³/mol. The molecule has 3 aromatic rings. The third kappa shape index (κ3) is 5.44. The zero-order valence-corrected chi connectivity index (χ0v) is 18.8. The van der Waals surface area contributed by atoms with Crippen molar-refractivity contribution in [2.75, 3.05) is 11.8 Å². The van der Waals surface area contributed by atoms with Crippen molar-refractivity contribution < 1.29 is 17.9 Å². The molecule has 0 aliphatic heterocycles. The first kappa shape index (κ1) is 22.4. The number of aryl methyl sites for hydroxylation is 2. The van der Waals surface area contributed by atoms with Gasteiger partial charge in [0.1, 0.15) is 5.75 Å². The van der Waals surface area contributed by atoms with Crippen LogP contribution in [0.2, 0.25) is 0 Å². The molecule has 0 heterocycles. The molecule has 0 saturated carbocycles. The maximum absolute atomic E-state index is 12.6. The number of nitrogens with one attached hydrogen (secondary N) is 2. The van der Waals surface area contributed by atoms with Gasteiger partial charge in [0.15, 0.2) is 0 Å². The number of methoxy groups -OCH3 is 1. The zero-order chi connectivity index (χ0) is 22.6. The molecule has 2 N–H and O–H groups in total. The molecule has 0 aromatic heterocycles. The van der Waals surface area contributed by atoms with Crippen molar-refractivity contribution >= 4 is 21.6 Å². The zero-order valence-electron chi connectivity index (χ0n) is 18.0. The average molecular weight is 439 g/mol. The molecule has 0 spiro atoms. The monoisotopic (exact) mass is 438 g/mol. The van der Waals surface area contributed by atoms with Gasteiger partial charge in [0, 0.05) is 11.3 Å². The third-order valence-electron chi connectivity index (χ3n) is 5.02. The van der Waals surface area contributed by atoms with Gasteiger partial charge in [0.05, 0.1) is 18.0 Å². The average Bonchev–Trinajstić information content (AvgIpc) is 2.75. The molecule has 0 fully saturated rings. The first-order valence-electron chi connectivity index (χ1n) is 9.84. The normalized spacial score (nSPS) is 12.1. The minimum Gasteiger partial charge on any atom is -0.497 e. The van der Waals surface area contributed by atoms with Crippen molar-refractivity contribution in [1.82, 2.24) is 5.32 Å². The van der Waals surface area contributed by atoms with Crippen molar-refractivity contribution in [2.45, 2.75) is 31.7 Å². The first-order chi connectivity index (χ1) is 14.7. The molecule has 0 aliphatic carbocycles. The van der Waals surface area contributed by atoms with Gasteiger partial charge in [0.2, 0.25) is 0 Å². The topological polar surface area (TPSA) is 84.5 Å². The lowest BCUT2D eigenvalue weighted by molar-refractivity contribution is 0.0940. The first-order valence-corrected chi connectivity index (χ1v) is 11.3. The molecule has 162 valence electrons. The summed E-state index contributed by atoms with van der Waals surface area (Å²) in [6, 6.07) is 18.4. The number of anilines is 1. The van der Waals surface area contributed by atoms with Crippen LogP contribution >= 0.6 is 0 Å². The maximum atomic E-state index is 12.6. The molecular weight excluding hydrogens is 412 g/mol. The van der Waals surface area contributed by atoms with Gasteiger partial charge in [-0.25, -0.2) is 8.42 Å². The number of ether oxygens (including phenoxy) is 1. The van der Waals surface area contributed by atoms with Gasteiger partial charge in [-0.05, 0) is 80.4 Å². The van der Waals surface area contributed by atoms with E-state index in [2.05, 4.69) is 16.1 Å². The molecular formula is C24H26N2O4S. The molecule has 0 bridgehead atoms. The molecule has 3 rings (SSSR count). The predicted octanol–water partition coefficient (Wildman–Crippen LogP) is 4.60. The van der Waals surface area contributed by atoms with Crippen molar-refractivity contribution in [2.24, 2.45) is 0 Å². The van der Waals surface area contributed by atoms with E-state index in [0.29, 0.717) is 17.0 Å². The maximum Gasteiger partial charge on any atom is 0.261 e. The lowest BCUT2D eigenvalue weighted by Crippen LogP contribution is -2.27. The molecule has 3 aromatic carbocycles. The van der Waals surface area contributed by atoms with Crippen LogP contribution in [-0.2, 0) is 10.0 Å². The number of hydrogen-bond acceptors (Lipinski definition) is 4. The van der Waals surface area contributed by atoms with Crippen molar-refractivity contribution in [3.05, 3.63) is 89.0 Å². The third-order valence-corrected chi connectivity index (χ3v) is 6.42. The number of benzene rings is 3. The molecule has 0 unspecified atom stereocenters. The summed E-state index contributed by atoms with van der Waals surface area (Å²) in [5.74, 6) is 0.349. The number of rotatable bonds is 7. The van der Waals surface area contributed by atoms with Gasteiger partial charge in [-0.1, -0.05) is 23.8 Å². The van der Waals surface area contributed by atoms with Crippen LogP contribution < -0.4 is 14.8 Å². The number of amides is 1. The van der Waals surface area contributed by atoms with Crippen LogP contribution in [0.5, 0.6) is 5.75 Å². The van der Waals surface area contributed by atoms with Crippen molar-refractivity contribution in [1.29, 1.82) is 0 Å². The largest absolute Gasteiger partial charge is 0.497 e. The fourth-order valence-electron chi connectivity index (χ4n) is 3.24. The standard InChI is InChI=1S/C24H26N2O4S/c1-16-5-6-17(2)23(15-16)18(3)25-24(27)19-7-9-20(10-8-19)26-31(28,29)22-13-11-21(30-4)12-14-22/h5-15,18,26H,1-4H3,(H,25,27)/t18-/m0/s1. The quantitative estimate of drug-likeness (QED) is 0.564. The van der Waals surface area contributed by atoms with E-state index in [0.717, 1.165) is 16.7 Å². The van der Waals surface area contributed by atoms with Gasteiger partial charge < -0.3 is 10.1 Å². The highest BCUT2D eigenvalue weighted by atomic mass is 32.2. The molecule has 0 aliphatic rings. The van der Waals surface area contributed by atoms with Crippen LogP contribution in [0.4, 0.5) is 5.69 Å². The number of carbonyl (C=O) groups excluding carboxylic acids is 1. The van der Waals surface area contributed by atoms with Crippen LogP contribution in [0, 0.1) is 13.8 Å². The van der Waals surface area contributed by atoms with E-state index >= 15 is 0 Å². The highest BCUT2D eigenvalue weighted by molar-refractivity contribution is 7.92. The van der Waals surface area contributed by atoms with Crippen molar-refractivity contribution in [3.8, 4) is 5.75 Å². The molecule has 1 atom stereocenters. The van der Waals surface area contributed by atoms with Crippen LogP contribution in [0.3, 0.4) is 0 Å². The lowest BCUT2D eigenvalue weighted by Gasteiger charge is -2.17. The van der Waals surface area contributed by atoms with Crippen molar-refractivity contribution in [3.63, 3.8) is 0 Å². The van der Waals surface area contributed by atoms with Gasteiger partial charge in [-0.15, -0.1) is 0 Å². The van der Waals surface area contributed by atoms with Crippen LogP contribution in [0.1, 0.15) is 40.0 Å². The Labute approximate surface area is 183 Å². The summed E-state index contributed by atoms with van der Waals surface area (Å²) in [6.07, 6.45) is 0. The van der Waals surface area contributed by atoms with Gasteiger partial charge in [-0.3, -0.25) is 9.52 Å². The van der Waals surface area contributed by atoms with E-state index in [1.54, 1.807) is 36.4 Å². The van der Waals surface area contributed by atoms with E-state index < -0.39 is 10.0 Å². The summed E-state index contributed by atoms with van der Waals surface area (Å²) in [4.78, 5) is 12.8. The Balaban J connectivity index is 1.69. The van der Waals surface area contributed by atoms with Crippen LogP contribution in [0.15, 0.2) is 71.6 Å². The number of carbonyl (C=O) groups is 1. The fourth-order valence-corrected chi connectivity index (χ4v) is 4.30. The Morgan fingerprint density at radius 3 is 2.19 bits per heavy atom. The summed E-state index contributed by atoms with van der Waals surface area (Å²) < 4.78 is 32.7. The summed E-state index contributed by atoms with van der Waals surface area (Å²) in [5.41, 5.74) is 4.13. The van der Waals surface area contributed by atoms with E-state index in [4.69, 9.17) is 4.74 Å². The summed E-state index contributed by atoms with van der Waals surface area (Å²) >= 11 is 0. The Hall–Kier alpha value is -3.32. The van der Waals surface area contributed by atoms with Gasteiger partial charge in [-0.2, -0.15) is 0 Å².